The Morgan fingerprint density at radius 2 is 2.03 bits per heavy atom. The molecule has 2 bridgehead atoms. The summed E-state index contributed by atoms with van der Waals surface area (Å²) in [7, 11) is 1.89. The van der Waals surface area contributed by atoms with E-state index in [9.17, 15) is 5.11 Å². The number of piperidine rings is 2. The molecule has 0 amide bonds. The molecule has 0 unspecified atom stereocenters. The smallest absolute Gasteiger partial charge is 0.147 e. The van der Waals surface area contributed by atoms with Crippen molar-refractivity contribution in [3.8, 4) is 17.0 Å². The van der Waals surface area contributed by atoms with Gasteiger partial charge in [-0.1, -0.05) is 6.42 Å². The van der Waals surface area contributed by atoms with Gasteiger partial charge in [0, 0.05) is 42.5 Å². The third-order valence-corrected chi connectivity index (χ3v) is 6.32. The van der Waals surface area contributed by atoms with Crippen molar-refractivity contribution in [3.63, 3.8) is 0 Å². The first kappa shape index (κ1) is 18.2. The van der Waals surface area contributed by atoms with Gasteiger partial charge in [0.1, 0.15) is 17.7 Å². The lowest BCUT2D eigenvalue weighted by molar-refractivity contribution is 0.107. The Kier molecular flexibility index (Phi) is 4.54. The lowest BCUT2D eigenvalue weighted by Gasteiger charge is -2.46. The standard InChI is InChI=1S/C22H24FN5O/c1-28(19-9-15-3-2-4-17(27-15)22(19)23)21-12-25-18(11-26-21)16-7-13-5-6-24-10-14(13)8-20(16)29/h5-8,10-12,15,17,19,22,27,29H,2-4,9H2,1H3/t15-,17+,19-,22-/m1/s1. The quantitative estimate of drug-likeness (QED) is 0.710. The highest BCUT2D eigenvalue weighted by Gasteiger charge is 2.41. The first-order valence-electron chi connectivity index (χ1n) is 10.1. The van der Waals surface area contributed by atoms with Gasteiger partial charge in [-0.15, -0.1) is 0 Å². The van der Waals surface area contributed by atoms with E-state index < -0.39 is 6.17 Å². The number of hydrogen-bond acceptors (Lipinski definition) is 6. The molecule has 7 heteroatoms. The molecule has 5 rings (SSSR count). The van der Waals surface area contributed by atoms with E-state index in [-0.39, 0.29) is 17.8 Å². The lowest BCUT2D eigenvalue weighted by atomic mass is 9.82. The molecule has 2 aliphatic heterocycles. The number of anilines is 1. The summed E-state index contributed by atoms with van der Waals surface area (Å²) in [6.45, 7) is 0. The number of hydrogen-bond donors (Lipinski definition) is 2. The fourth-order valence-corrected chi connectivity index (χ4v) is 4.69. The van der Waals surface area contributed by atoms with E-state index >= 15 is 4.39 Å². The van der Waals surface area contributed by atoms with Crippen molar-refractivity contribution in [1.82, 2.24) is 20.3 Å². The minimum atomic E-state index is -0.920. The third-order valence-electron chi connectivity index (χ3n) is 6.32. The van der Waals surface area contributed by atoms with Crippen LogP contribution in [0.4, 0.5) is 10.2 Å². The Morgan fingerprint density at radius 3 is 2.86 bits per heavy atom. The van der Waals surface area contributed by atoms with E-state index in [1.165, 1.54) is 0 Å². The van der Waals surface area contributed by atoms with Gasteiger partial charge >= 0.3 is 0 Å². The van der Waals surface area contributed by atoms with Crippen LogP contribution in [-0.2, 0) is 0 Å². The van der Waals surface area contributed by atoms with Crippen LogP contribution in [0.3, 0.4) is 0 Å². The van der Waals surface area contributed by atoms with Crippen molar-refractivity contribution in [3.05, 3.63) is 43.0 Å². The molecule has 29 heavy (non-hydrogen) atoms. The first-order chi connectivity index (χ1) is 14.1. The molecule has 0 radical (unpaired) electrons. The molecule has 2 fully saturated rings. The maximum absolute atomic E-state index is 15.0. The number of aromatic nitrogens is 3. The van der Waals surface area contributed by atoms with Crippen molar-refractivity contribution < 1.29 is 9.50 Å². The number of phenolic OH excluding ortho intramolecular Hbond substituents is 1. The number of nitrogens with one attached hydrogen (secondary N) is 1. The highest BCUT2D eigenvalue weighted by molar-refractivity contribution is 5.89. The number of alkyl halides is 1. The molecule has 3 aromatic rings. The van der Waals surface area contributed by atoms with E-state index in [1.54, 1.807) is 30.9 Å². The largest absolute Gasteiger partial charge is 0.507 e. The van der Waals surface area contributed by atoms with Gasteiger partial charge in [-0.2, -0.15) is 0 Å². The number of nitrogens with zero attached hydrogens (tertiary/aromatic N) is 4. The highest BCUT2D eigenvalue weighted by atomic mass is 19.1. The molecule has 150 valence electrons. The molecule has 0 spiro atoms. The van der Waals surface area contributed by atoms with Crippen molar-refractivity contribution in [2.75, 3.05) is 11.9 Å². The molecular formula is C22H24FN5O. The average Bonchev–Trinajstić information content (AvgIpc) is 2.76. The summed E-state index contributed by atoms with van der Waals surface area (Å²) >= 11 is 0. The molecule has 0 saturated carbocycles. The van der Waals surface area contributed by atoms with Gasteiger partial charge in [-0.3, -0.25) is 9.97 Å². The summed E-state index contributed by atoms with van der Waals surface area (Å²) in [5.41, 5.74) is 1.20. The van der Waals surface area contributed by atoms with E-state index in [4.69, 9.17) is 0 Å². The predicted molar refractivity (Wildman–Crippen MR) is 111 cm³/mol. The van der Waals surface area contributed by atoms with E-state index in [2.05, 4.69) is 20.3 Å². The second-order valence-corrected chi connectivity index (χ2v) is 8.11. The van der Waals surface area contributed by atoms with Crippen LogP contribution in [0.1, 0.15) is 25.7 Å². The van der Waals surface area contributed by atoms with E-state index in [0.717, 1.165) is 36.5 Å². The molecule has 1 aromatic carbocycles. The Labute approximate surface area is 168 Å². The van der Waals surface area contributed by atoms with Crippen molar-refractivity contribution in [1.29, 1.82) is 0 Å². The van der Waals surface area contributed by atoms with Gasteiger partial charge in [-0.05, 0) is 42.8 Å². The van der Waals surface area contributed by atoms with Gasteiger partial charge in [0.15, 0.2) is 0 Å². The van der Waals surface area contributed by atoms with Crippen LogP contribution in [0, 0.1) is 0 Å². The zero-order valence-corrected chi connectivity index (χ0v) is 16.3. The number of halogens is 1. The van der Waals surface area contributed by atoms with Crippen molar-refractivity contribution in [2.45, 2.75) is 50.0 Å². The third kappa shape index (κ3) is 3.29. The lowest BCUT2D eigenvalue weighted by Crippen LogP contribution is -2.61. The predicted octanol–water partition coefficient (Wildman–Crippen LogP) is 3.45. The van der Waals surface area contributed by atoms with Crippen LogP contribution >= 0.6 is 0 Å². The summed E-state index contributed by atoms with van der Waals surface area (Å²) in [4.78, 5) is 15.0. The zero-order chi connectivity index (χ0) is 20.0. The van der Waals surface area contributed by atoms with E-state index in [0.29, 0.717) is 23.1 Å². The minimum Gasteiger partial charge on any atom is -0.507 e. The molecule has 2 N–H and O–H groups in total. The first-order valence-corrected chi connectivity index (χ1v) is 10.1. The maximum atomic E-state index is 15.0. The van der Waals surface area contributed by atoms with Crippen LogP contribution in [0.2, 0.25) is 0 Å². The number of pyridine rings is 1. The van der Waals surface area contributed by atoms with Crippen LogP contribution < -0.4 is 10.2 Å². The number of aromatic hydroxyl groups is 1. The molecule has 2 aliphatic rings. The summed E-state index contributed by atoms with van der Waals surface area (Å²) in [6, 6.07) is 5.57. The van der Waals surface area contributed by atoms with Crippen LogP contribution in [0.5, 0.6) is 5.75 Å². The van der Waals surface area contributed by atoms with Gasteiger partial charge < -0.3 is 15.3 Å². The Hall–Kier alpha value is -2.80. The molecule has 4 atom stereocenters. The fraction of sp³-hybridized carbons (Fsp3) is 0.409. The topological polar surface area (TPSA) is 74.2 Å². The summed E-state index contributed by atoms with van der Waals surface area (Å²) in [5, 5.41) is 15.7. The second-order valence-electron chi connectivity index (χ2n) is 8.11. The van der Waals surface area contributed by atoms with Crippen molar-refractivity contribution in [2.24, 2.45) is 0 Å². The number of rotatable bonds is 3. The summed E-state index contributed by atoms with van der Waals surface area (Å²) in [5.74, 6) is 0.779. The normalized spacial score (nSPS) is 26.4. The van der Waals surface area contributed by atoms with E-state index in [1.807, 2.05) is 24.1 Å². The fourth-order valence-electron chi connectivity index (χ4n) is 4.69. The number of phenols is 1. The zero-order valence-electron chi connectivity index (χ0n) is 16.3. The molecule has 2 saturated heterocycles. The average molecular weight is 393 g/mol. The van der Waals surface area contributed by atoms with Crippen molar-refractivity contribution >= 4 is 16.6 Å². The second kappa shape index (κ2) is 7.22. The molecule has 0 aliphatic carbocycles. The highest BCUT2D eigenvalue weighted by Crippen LogP contribution is 2.34. The maximum Gasteiger partial charge on any atom is 0.147 e. The van der Waals surface area contributed by atoms with Gasteiger partial charge in [0.2, 0.25) is 0 Å². The SMILES string of the molecule is CN(c1cnc(-c2cc3ccncc3cc2O)cn1)[C@@H]1C[C@H]2CCC[C@H](N2)[C@H]1F. The van der Waals surface area contributed by atoms with Crippen LogP contribution in [-0.4, -0.2) is 51.4 Å². The van der Waals surface area contributed by atoms with Crippen LogP contribution in [0.15, 0.2) is 43.0 Å². The van der Waals surface area contributed by atoms with Crippen LogP contribution in [0.25, 0.3) is 22.0 Å². The summed E-state index contributed by atoms with van der Waals surface area (Å²) in [6.07, 6.45) is 9.68. The van der Waals surface area contributed by atoms with Gasteiger partial charge in [0.05, 0.1) is 24.1 Å². The molecule has 6 nitrogen and oxygen atoms in total. The Morgan fingerprint density at radius 1 is 1.14 bits per heavy atom. The number of benzene rings is 1. The number of fused-ring (bicyclic) bond motifs is 3. The molecule has 4 heterocycles. The molecule has 2 aromatic heterocycles. The Bertz CT molecular complexity index is 1030. The Balaban J connectivity index is 1.41. The van der Waals surface area contributed by atoms with Gasteiger partial charge in [0.25, 0.3) is 0 Å². The monoisotopic (exact) mass is 393 g/mol. The summed E-state index contributed by atoms with van der Waals surface area (Å²) < 4.78 is 15.0. The molecular weight excluding hydrogens is 369 g/mol. The van der Waals surface area contributed by atoms with Gasteiger partial charge in [-0.25, -0.2) is 9.37 Å². The minimum absolute atomic E-state index is 0.0637.